The lowest BCUT2D eigenvalue weighted by atomic mass is 10.0. The minimum absolute atomic E-state index is 0.303. The van der Waals surface area contributed by atoms with E-state index >= 15 is 0 Å². The van der Waals surface area contributed by atoms with Gasteiger partial charge in [0.1, 0.15) is 0 Å². The fourth-order valence-corrected chi connectivity index (χ4v) is 2.57. The maximum Gasteiger partial charge on any atom is 0.165 e. The molecule has 2 aromatic rings. The fourth-order valence-electron chi connectivity index (χ4n) is 2.57. The van der Waals surface area contributed by atoms with Crippen molar-refractivity contribution >= 4 is 0 Å². The standard InChI is InChI=1S/C20H25FO/c1-3-5-6-7-8-16-9-11-17(12-10-16)18-13-14-20(22-4-2)19(21)15-18/h9-15H,3-8H2,1-2H3. The molecule has 0 unspecified atom stereocenters. The summed E-state index contributed by atoms with van der Waals surface area (Å²) in [5.41, 5.74) is 3.28. The quantitative estimate of drug-likeness (QED) is 0.542. The predicted octanol–water partition coefficient (Wildman–Crippen LogP) is 6.01. The van der Waals surface area contributed by atoms with Crippen molar-refractivity contribution in [1.82, 2.24) is 0 Å². The summed E-state index contributed by atoms with van der Waals surface area (Å²) in [6.07, 6.45) is 6.23. The van der Waals surface area contributed by atoms with E-state index in [-0.39, 0.29) is 5.82 Å². The van der Waals surface area contributed by atoms with Crippen molar-refractivity contribution in [3.05, 3.63) is 53.8 Å². The van der Waals surface area contributed by atoms with Gasteiger partial charge in [-0.3, -0.25) is 0 Å². The van der Waals surface area contributed by atoms with Crippen molar-refractivity contribution in [2.45, 2.75) is 46.0 Å². The molecule has 0 fully saturated rings. The average Bonchev–Trinajstić information content (AvgIpc) is 2.54. The van der Waals surface area contributed by atoms with E-state index < -0.39 is 0 Å². The molecule has 0 aliphatic carbocycles. The summed E-state index contributed by atoms with van der Waals surface area (Å²) in [6, 6.07) is 13.6. The zero-order chi connectivity index (χ0) is 15.8. The minimum Gasteiger partial charge on any atom is -0.491 e. The molecular formula is C20H25FO. The van der Waals surface area contributed by atoms with Crippen molar-refractivity contribution < 1.29 is 9.13 Å². The molecule has 22 heavy (non-hydrogen) atoms. The normalized spacial score (nSPS) is 10.7. The Morgan fingerprint density at radius 2 is 1.59 bits per heavy atom. The molecule has 0 amide bonds. The predicted molar refractivity (Wildman–Crippen MR) is 90.9 cm³/mol. The molecule has 0 aromatic heterocycles. The summed E-state index contributed by atoms with van der Waals surface area (Å²) in [7, 11) is 0. The average molecular weight is 300 g/mol. The number of hydrogen-bond donors (Lipinski definition) is 0. The molecule has 2 rings (SSSR count). The van der Waals surface area contributed by atoms with Gasteiger partial charge in [-0.2, -0.15) is 0 Å². The van der Waals surface area contributed by atoms with Gasteiger partial charge in [-0.25, -0.2) is 4.39 Å². The highest BCUT2D eigenvalue weighted by atomic mass is 19.1. The third-order valence-electron chi connectivity index (χ3n) is 3.84. The number of ether oxygens (including phenoxy) is 1. The SMILES string of the molecule is CCCCCCc1ccc(-c2ccc(OCC)c(F)c2)cc1. The first-order valence-electron chi connectivity index (χ1n) is 8.26. The second kappa shape index (κ2) is 8.57. The molecule has 0 saturated heterocycles. The van der Waals surface area contributed by atoms with E-state index in [1.165, 1.54) is 31.2 Å². The maximum atomic E-state index is 13.9. The summed E-state index contributed by atoms with van der Waals surface area (Å²) < 4.78 is 19.2. The summed E-state index contributed by atoms with van der Waals surface area (Å²) >= 11 is 0. The lowest BCUT2D eigenvalue weighted by Gasteiger charge is -2.08. The van der Waals surface area contributed by atoms with Gasteiger partial charge >= 0.3 is 0 Å². The molecule has 0 aliphatic heterocycles. The summed E-state index contributed by atoms with van der Waals surface area (Å²) in [6.45, 7) is 4.56. The van der Waals surface area contributed by atoms with Crippen LogP contribution in [0, 0.1) is 5.82 Å². The Morgan fingerprint density at radius 1 is 0.864 bits per heavy atom. The van der Waals surface area contributed by atoms with Crippen LogP contribution in [0.2, 0.25) is 0 Å². The molecule has 0 radical (unpaired) electrons. The third-order valence-corrected chi connectivity index (χ3v) is 3.84. The highest BCUT2D eigenvalue weighted by Gasteiger charge is 2.06. The van der Waals surface area contributed by atoms with E-state index in [0.717, 1.165) is 17.5 Å². The number of benzene rings is 2. The summed E-state index contributed by atoms with van der Waals surface area (Å²) in [4.78, 5) is 0. The first-order valence-corrected chi connectivity index (χ1v) is 8.26. The highest BCUT2D eigenvalue weighted by molar-refractivity contribution is 5.64. The minimum atomic E-state index is -0.303. The Hall–Kier alpha value is -1.83. The van der Waals surface area contributed by atoms with Crippen LogP contribution in [-0.4, -0.2) is 6.61 Å². The molecular weight excluding hydrogens is 275 g/mol. The molecule has 2 aromatic carbocycles. The Bertz CT molecular complexity index is 575. The monoisotopic (exact) mass is 300 g/mol. The van der Waals surface area contributed by atoms with E-state index in [1.807, 2.05) is 13.0 Å². The molecule has 0 saturated carbocycles. The largest absolute Gasteiger partial charge is 0.491 e. The van der Waals surface area contributed by atoms with Crippen LogP contribution in [0.4, 0.5) is 4.39 Å². The Morgan fingerprint density at radius 3 is 2.23 bits per heavy atom. The first kappa shape index (κ1) is 16.5. The van der Waals surface area contributed by atoms with E-state index in [2.05, 4.69) is 31.2 Å². The third kappa shape index (κ3) is 4.59. The van der Waals surface area contributed by atoms with Gasteiger partial charge in [0.2, 0.25) is 0 Å². The van der Waals surface area contributed by atoms with Gasteiger partial charge in [0.15, 0.2) is 11.6 Å². The molecule has 0 aliphatic rings. The Kier molecular flexibility index (Phi) is 6.45. The van der Waals surface area contributed by atoms with Gasteiger partial charge in [-0.15, -0.1) is 0 Å². The number of halogens is 1. The van der Waals surface area contributed by atoms with Crippen molar-refractivity contribution in [2.24, 2.45) is 0 Å². The van der Waals surface area contributed by atoms with E-state index in [0.29, 0.717) is 12.4 Å². The number of aryl methyl sites for hydroxylation is 1. The van der Waals surface area contributed by atoms with E-state index in [4.69, 9.17) is 4.74 Å². The number of hydrogen-bond acceptors (Lipinski definition) is 1. The number of rotatable bonds is 8. The molecule has 118 valence electrons. The van der Waals surface area contributed by atoms with Crippen LogP contribution in [0.15, 0.2) is 42.5 Å². The smallest absolute Gasteiger partial charge is 0.165 e. The van der Waals surface area contributed by atoms with Crippen LogP contribution in [0.5, 0.6) is 5.75 Å². The molecule has 1 nitrogen and oxygen atoms in total. The first-order chi connectivity index (χ1) is 10.7. The Labute approximate surface area is 133 Å². The summed E-state index contributed by atoms with van der Waals surface area (Å²) in [5, 5.41) is 0. The van der Waals surface area contributed by atoms with E-state index in [9.17, 15) is 4.39 Å². The van der Waals surface area contributed by atoms with Gasteiger partial charge in [0.25, 0.3) is 0 Å². The van der Waals surface area contributed by atoms with E-state index in [1.54, 1.807) is 12.1 Å². The zero-order valence-electron chi connectivity index (χ0n) is 13.6. The van der Waals surface area contributed by atoms with Gasteiger partial charge in [0.05, 0.1) is 6.61 Å². The van der Waals surface area contributed by atoms with Crippen LogP contribution in [0.25, 0.3) is 11.1 Å². The highest BCUT2D eigenvalue weighted by Crippen LogP contribution is 2.26. The second-order valence-corrected chi connectivity index (χ2v) is 5.59. The topological polar surface area (TPSA) is 9.23 Å². The van der Waals surface area contributed by atoms with Crippen LogP contribution in [0.3, 0.4) is 0 Å². The molecule has 2 heteroatoms. The van der Waals surface area contributed by atoms with Crippen molar-refractivity contribution in [1.29, 1.82) is 0 Å². The van der Waals surface area contributed by atoms with Crippen molar-refractivity contribution in [3.63, 3.8) is 0 Å². The maximum absolute atomic E-state index is 13.9. The van der Waals surface area contributed by atoms with Crippen LogP contribution >= 0.6 is 0 Å². The van der Waals surface area contributed by atoms with Gasteiger partial charge in [-0.05, 0) is 48.6 Å². The summed E-state index contributed by atoms with van der Waals surface area (Å²) in [5.74, 6) is 0.0155. The number of unbranched alkanes of at least 4 members (excludes halogenated alkanes) is 3. The van der Waals surface area contributed by atoms with Crippen LogP contribution < -0.4 is 4.74 Å². The Balaban J connectivity index is 2.02. The molecule has 0 N–H and O–H groups in total. The van der Waals surface area contributed by atoms with Crippen LogP contribution in [-0.2, 0) is 6.42 Å². The van der Waals surface area contributed by atoms with Gasteiger partial charge < -0.3 is 4.74 Å². The molecule has 0 atom stereocenters. The van der Waals surface area contributed by atoms with Gasteiger partial charge in [-0.1, -0.05) is 56.5 Å². The van der Waals surface area contributed by atoms with Gasteiger partial charge in [0, 0.05) is 0 Å². The zero-order valence-corrected chi connectivity index (χ0v) is 13.6. The van der Waals surface area contributed by atoms with Crippen molar-refractivity contribution in [3.8, 4) is 16.9 Å². The molecule has 0 heterocycles. The lowest BCUT2D eigenvalue weighted by Crippen LogP contribution is -1.94. The second-order valence-electron chi connectivity index (χ2n) is 5.59. The van der Waals surface area contributed by atoms with Crippen molar-refractivity contribution in [2.75, 3.05) is 6.61 Å². The molecule has 0 spiro atoms. The fraction of sp³-hybridized carbons (Fsp3) is 0.400. The lowest BCUT2D eigenvalue weighted by molar-refractivity contribution is 0.321. The molecule has 0 bridgehead atoms. The van der Waals surface area contributed by atoms with Crippen LogP contribution in [0.1, 0.15) is 45.1 Å².